The third-order valence-electron chi connectivity index (χ3n) is 3.75. The fraction of sp³-hybridized carbons (Fsp3) is 0.150. The average Bonchev–Trinajstić information content (AvgIpc) is 2.61. The van der Waals surface area contributed by atoms with Crippen molar-refractivity contribution < 1.29 is 4.79 Å². The Morgan fingerprint density at radius 1 is 0.958 bits per heavy atom. The smallest absolute Gasteiger partial charge is 0.224 e. The molecule has 0 fully saturated rings. The molecule has 4 heteroatoms. The van der Waals surface area contributed by atoms with Gasteiger partial charge in [0.15, 0.2) is 0 Å². The minimum Gasteiger partial charge on any atom is -0.350 e. The molecule has 3 rings (SSSR count). The van der Waals surface area contributed by atoms with Crippen molar-refractivity contribution >= 4 is 5.91 Å². The van der Waals surface area contributed by atoms with Gasteiger partial charge in [-0.2, -0.15) is 0 Å². The van der Waals surface area contributed by atoms with E-state index in [1.165, 1.54) is 11.9 Å². The molecular weight excluding hydrogens is 298 g/mol. The van der Waals surface area contributed by atoms with Gasteiger partial charge < -0.3 is 5.32 Å². The molecule has 0 atom stereocenters. The summed E-state index contributed by atoms with van der Waals surface area (Å²) in [6.07, 6.45) is 1.87. The summed E-state index contributed by atoms with van der Waals surface area (Å²) in [5.74, 6) is -0.0151. The summed E-state index contributed by atoms with van der Waals surface area (Å²) in [6, 6.07) is 20.1. The van der Waals surface area contributed by atoms with E-state index in [0.29, 0.717) is 13.0 Å². The number of amides is 1. The molecule has 1 heterocycles. The molecule has 4 nitrogen and oxygen atoms in total. The van der Waals surface area contributed by atoms with Crippen molar-refractivity contribution in [3.8, 4) is 11.1 Å². The standard InChI is InChI=1S/C20H19N3O/c1-15-11-19(23-14-22-15)13-21-20(24)12-16-7-9-18(10-8-16)17-5-3-2-4-6-17/h2-11,14H,12-13H2,1H3,(H,21,24). The summed E-state index contributed by atoms with van der Waals surface area (Å²) in [5, 5.41) is 2.89. The Hall–Kier alpha value is -3.01. The normalized spacial score (nSPS) is 10.4. The number of carbonyl (C=O) groups is 1. The van der Waals surface area contributed by atoms with Crippen molar-refractivity contribution in [3.63, 3.8) is 0 Å². The van der Waals surface area contributed by atoms with Crippen LogP contribution in [-0.4, -0.2) is 15.9 Å². The van der Waals surface area contributed by atoms with Gasteiger partial charge >= 0.3 is 0 Å². The maximum Gasteiger partial charge on any atom is 0.224 e. The number of benzene rings is 2. The Bertz CT molecular complexity index is 814. The van der Waals surface area contributed by atoms with Crippen molar-refractivity contribution in [2.24, 2.45) is 0 Å². The third kappa shape index (κ3) is 4.26. The maximum atomic E-state index is 12.1. The highest BCUT2D eigenvalue weighted by Gasteiger charge is 2.05. The molecule has 1 amide bonds. The largest absolute Gasteiger partial charge is 0.350 e. The van der Waals surface area contributed by atoms with E-state index in [0.717, 1.165) is 22.5 Å². The van der Waals surface area contributed by atoms with Crippen molar-refractivity contribution in [2.45, 2.75) is 19.9 Å². The number of hydrogen-bond acceptors (Lipinski definition) is 3. The van der Waals surface area contributed by atoms with Crippen LogP contribution in [0.15, 0.2) is 67.0 Å². The monoisotopic (exact) mass is 317 g/mol. The molecule has 0 aliphatic carbocycles. The van der Waals surface area contributed by atoms with E-state index in [2.05, 4.69) is 27.4 Å². The Morgan fingerprint density at radius 2 is 1.67 bits per heavy atom. The van der Waals surface area contributed by atoms with Crippen LogP contribution in [-0.2, 0) is 17.8 Å². The molecule has 120 valence electrons. The van der Waals surface area contributed by atoms with Crippen LogP contribution in [0.4, 0.5) is 0 Å². The van der Waals surface area contributed by atoms with Gasteiger partial charge in [-0.15, -0.1) is 0 Å². The Balaban J connectivity index is 1.57. The summed E-state index contributed by atoms with van der Waals surface area (Å²) in [6.45, 7) is 2.32. The van der Waals surface area contributed by atoms with E-state index in [4.69, 9.17) is 0 Å². The third-order valence-corrected chi connectivity index (χ3v) is 3.75. The predicted molar refractivity (Wildman–Crippen MR) is 94.2 cm³/mol. The lowest BCUT2D eigenvalue weighted by Gasteiger charge is -2.07. The summed E-state index contributed by atoms with van der Waals surface area (Å²) in [7, 11) is 0. The van der Waals surface area contributed by atoms with Crippen molar-refractivity contribution in [2.75, 3.05) is 0 Å². The van der Waals surface area contributed by atoms with E-state index in [-0.39, 0.29) is 5.91 Å². The average molecular weight is 317 g/mol. The first-order valence-corrected chi connectivity index (χ1v) is 7.89. The lowest BCUT2D eigenvalue weighted by atomic mass is 10.0. The van der Waals surface area contributed by atoms with Crippen molar-refractivity contribution in [1.29, 1.82) is 0 Å². The second-order valence-electron chi connectivity index (χ2n) is 5.67. The van der Waals surface area contributed by atoms with Gasteiger partial charge in [0.2, 0.25) is 5.91 Å². The Labute approximate surface area is 141 Å². The van der Waals surface area contributed by atoms with Crippen molar-refractivity contribution in [1.82, 2.24) is 15.3 Å². The van der Waals surface area contributed by atoms with Crippen LogP contribution >= 0.6 is 0 Å². The minimum absolute atomic E-state index is 0.0151. The maximum absolute atomic E-state index is 12.1. The second kappa shape index (κ2) is 7.51. The van der Waals surface area contributed by atoms with Crippen molar-refractivity contribution in [3.05, 3.63) is 83.9 Å². The van der Waals surface area contributed by atoms with Crippen LogP contribution in [0.25, 0.3) is 11.1 Å². The zero-order valence-electron chi connectivity index (χ0n) is 13.6. The van der Waals surface area contributed by atoms with Gasteiger partial charge in [-0.05, 0) is 29.7 Å². The van der Waals surface area contributed by atoms with E-state index < -0.39 is 0 Å². The van der Waals surface area contributed by atoms with Crippen LogP contribution in [0.2, 0.25) is 0 Å². The number of nitrogens with one attached hydrogen (secondary N) is 1. The summed E-state index contributed by atoms with van der Waals surface area (Å²) < 4.78 is 0. The first-order chi connectivity index (χ1) is 11.7. The highest BCUT2D eigenvalue weighted by atomic mass is 16.1. The highest BCUT2D eigenvalue weighted by molar-refractivity contribution is 5.78. The zero-order chi connectivity index (χ0) is 16.8. The molecule has 0 unspecified atom stereocenters. The molecule has 0 bridgehead atoms. The fourth-order valence-electron chi connectivity index (χ4n) is 2.49. The van der Waals surface area contributed by atoms with Gasteiger partial charge in [0.25, 0.3) is 0 Å². The van der Waals surface area contributed by atoms with E-state index in [9.17, 15) is 4.79 Å². The summed E-state index contributed by atoms with van der Waals surface area (Å²) >= 11 is 0. The molecule has 2 aromatic carbocycles. The van der Waals surface area contributed by atoms with E-state index >= 15 is 0 Å². The van der Waals surface area contributed by atoms with Crippen LogP contribution in [0, 0.1) is 6.92 Å². The molecule has 0 saturated carbocycles. The molecule has 3 aromatic rings. The number of hydrogen-bond donors (Lipinski definition) is 1. The Morgan fingerprint density at radius 3 is 2.38 bits per heavy atom. The highest BCUT2D eigenvalue weighted by Crippen LogP contribution is 2.19. The lowest BCUT2D eigenvalue weighted by Crippen LogP contribution is -2.25. The first kappa shape index (κ1) is 15.9. The number of aryl methyl sites for hydroxylation is 1. The zero-order valence-corrected chi connectivity index (χ0v) is 13.6. The molecule has 0 radical (unpaired) electrons. The van der Waals surface area contributed by atoms with Crippen LogP contribution in [0.1, 0.15) is 17.0 Å². The number of rotatable bonds is 5. The molecular formula is C20H19N3O. The molecule has 1 N–H and O–H groups in total. The summed E-state index contributed by atoms with van der Waals surface area (Å²) in [5.41, 5.74) is 5.02. The fourth-order valence-corrected chi connectivity index (χ4v) is 2.49. The van der Waals surface area contributed by atoms with E-state index in [1.807, 2.05) is 55.5 Å². The molecule has 24 heavy (non-hydrogen) atoms. The topological polar surface area (TPSA) is 54.9 Å². The van der Waals surface area contributed by atoms with Gasteiger partial charge in [0, 0.05) is 5.69 Å². The van der Waals surface area contributed by atoms with Gasteiger partial charge in [-0.1, -0.05) is 54.6 Å². The first-order valence-electron chi connectivity index (χ1n) is 7.89. The molecule has 0 saturated heterocycles. The quantitative estimate of drug-likeness (QED) is 0.785. The second-order valence-corrected chi connectivity index (χ2v) is 5.67. The number of aromatic nitrogens is 2. The van der Waals surface area contributed by atoms with Crippen LogP contribution < -0.4 is 5.32 Å². The summed E-state index contributed by atoms with van der Waals surface area (Å²) in [4.78, 5) is 20.3. The molecule has 1 aromatic heterocycles. The molecule has 0 aliphatic rings. The van der Waals surface area contributed by atoms with Gasteiger partial charge in [0.1, 0.15) is 6.33 Å². The molecule has 0 spiro atoms. The van der Waals surface area contributed by atoms with E-state index in [1.54, 1.807) is 0 Å². The Kier molecular flexibility index (Phi) is 4.96. The van der Waals surface area contributed by atoms with Gasteiger partial charge in [0.05, 0.1) is 18.7 Å². The molecule has 0 aliphatic heterocycles. The SMILES string of the molecule is Cc1cc(CNC(=O)Cc2ccc(-c3ccccc3)cc2)ncn1. The van der Waals surface area contributed by atoms with Crippen LogP contribution in [0.3, 0.4) is 0 Å². The van der Waals surface area contributed by atoms with Gasteiger partial charge in [-0.25, -0.2) is 9.97 Å². The predicted octanol–water partition coefficient (Wildman–Crippen LogP) is 3.31. The number of nitrogens with zero attached hydrogens (tertiary/aromatic N) is 2. The van der Waals surface area contributed by atoms with Gasteiger partial charge in [-0.3, -0.25) is 4.79 Å². The minimum atomic E-state index is -0.0151. The number of carbonyl (C=O) groups excluding carboxylic acids is 1. The lowest BCUT2D eigenvalue weighted by molar-refractivity contribution is -0.120. The van der Waals surface area contributed by atoms with Crippen LogP contribution in [0.5, 0.6) is 0 Å².